The Morgan fingerprint density at radius 1 is 0.236 bits per heavy atom. The summed E-state index contributed by atoms with van der Waals surface area (Å²) in [6.07, 6.45) is 0. The molecule has 0 aliphatic heterocycles. The minimum absolute atomic E-state index is 0.934. The van der Waals surface area contributed by atoms with E-state index in [0.717, 1.165) is 27.5 Å². The molecule has 0 N–H and O–H groups in total. The molecule has 11 rings (SSSR count). The quantitative estimate of drug-likeness (QED) is 0.0978. The number of fused-ring (bicyclic) bond motifs is 9. The van der Waals surface area contributed by atoms with Gasteiger partial charge in [-0.2, -0.15) is 0 Å². The third kappa shape index (κ3) is 6.32. The number of rotatable bonds is 3. The molecule has 0 fully saturated rings. The van der Waals surface area contributed by atoms with E-state index in [1.54, 1.807) is 0 Å². The van der Waals surface area contributed by atoms with Crippen LogP contribution in [0.1, 0.15) is 0 Å². The standard InChI is InChI=1S/C50H51B21O/c51-29-19(24-25(37(59)47(69)46(68)36(24)58)26-28(29)41(63)49(71)48(70)38(26)60)17-20-22(34(56)44(66)42(64)32(20)54)18(23-21(17)33(55)43(65)45(67)35(23)57)27-39(61)30(52)16(31(53)40(27)62)13-7-3-6-12-14-8-10-4-1-2-5-11(10)9-15(14)72-50(12)13/h1-9H,51-71H2. The summed E-state index contributed by atoms with van der Waals surface area (Å²) in [7, 11) is 50.1. The van der Waals surface area contributed by atoms with Crippen molar-refractivity contribution in [2.75, 3.05) is 0 Å². The lowest BCUT2D eigenvalue weighted by Gasteiger charge is -2.33. The highest BCUT2D eigenvalue weighted by Crippen LogP contribution is 2.42. The van der Waals surface area contributed by atoms with Crippen molar-refractivity contribution < 1.29 is 4.42 Å². The molecule has 0 atom stereocenters. The van der Waals surface area contributed by atoms with Crippen molar-refractivity contribution in [2.24, 2.45) is 0 Å². The Balaban J connectivity index is 1.37. The van der Waals surface area contributed by atoms with E-state index >= 15 is 0 Å². The molecule has 10 aromatic carbocycles. The first-order valence-corrected chi connectivity index (χ1v) is 26.4. The average molecular weight is 895 g/mol. The topological polar surface area (TPSA) is 13.1 Å². The second-order valence-electron chi connectivity index (χ2n) is 22.5. The van der Waals surface area contributed by atoms with Gasteiger partial charge in [0, 0.05) is 16.3 Å². The fourth-order valence-corrected chi connectivity index (χ4v) is 14.1. The molecule has 0 bridgehead atoms. The molecule has 1 nitrogen and oxygen atoms in total. The van der Waals surface area contributed by atoms with E-state index in [9.17, 15) is 0 Å². The van der Waals surface area contributed by atoms with Crippen molar-refractivity contribution in [3.05, 3.63) is 54.6 Å². The molecule has 0 radical (unpaired) electrons. The molecule has 22 heteroatoms. The first kappa shape index (κ1) is 48.9. The van der Waals surface area contributed by atoms with Gasteiger partial charge in [0.1, 0.15) is 176 Å². The normalized spacial score (nSPS) is 11.9. The van der Waals surface area contributed by atoms with Gasteiger partial charge in [0.25, 0.3) is 0 Å². The van der Waals surface area contributed by atoms with Crippen LogP contribution in [0.4, 0.5) is 0 Å². The van der Waals surface area contributed by atoms with Crippen LogP contribution in [0.3, 0.4) is 0 Å². The van der Waals surface area contributed by atoms with Gasteiger partial charge < -0.3 is 4.42 Å². The number of hydrogen-bond acceptors (Lipinski definition) is 1. The number of benzene rings is 10. The summed E-state index contributed by atoms with van der Waals surface area (Å²) in [5.41, 5.74) is 38.8. The summed E-state index contributed by atoms with van der Waals surface area (Å²) in [6, 6.07) is 19.9. The summed E-state index contributed by atoms with van der Waals surface area (Å²) < 4.78 is 6.95. The zero-order valence-corrected chi connectivity index (χ0v) is 47.1. The molecule has 0 saturated carbocycles. The molecule has 0 saturated heterocycles. The molecule has 0 unspecified atom stereocenters. The van der Waals surface area contributed by atoms with E-state index in [0.29, 0.717) is 0 Å². The first-order valence-electron chi connectivity index (χ1n) is 26.4. The van der Waals surface area contributed by atoms with Gasteiger partial charge in [-0.25, -0.2) is 0 Å². The lowest BCUT2D eigenvalue weighted by molar-refractivity contribution is 0.670. The van der Waals surface area contributed by atoms with Crippen LogP contribution in [0.15, 0.2) is 59.0 Å². The molecule has 1 heterocycles. The first-order chi connectivity index (χ1) is 34.0. The highest BCUT2D eigenvalue weighted by atomic mass is 16.3. The second-order valence-corrected chi connectivity index (χ2v) is 22.5. The Labute approximate surface area is 444 Å². The maximum absolute atomic E-state index is 6.95. The monoisotopic (exact) mass is 899 g/mol. The summed E-state index contributed by atoms with van der Waals surface area (Å²) >= 11 is 0. The van der Waals surface area contributed by atoms with Gasteiger partial charge in [-0.05, 0) is 93.8 Å². The highest BCUT2D eigenvalue weighted by Gasteiger charge is 2.31. The Kier molecular flexibility index (Phi) is 11.4. The summed E-state index contributed by atoms with van der Waals surface area (Å²) in [4.78, 5) is 0. The molecule has 0 spiro atoms. The zero-order valence-electron chi connectivity index (χ0n) is 47.1. The molecule has 0 aliphatic carbocycles. The van der Waals surface area contributed by atoms with Crippen LogP contribution in [0, 0.1) is 0 Å². The molecule has 11 aromatic rings. The minimum Gasteiger partial charge on any atom is -0.455 e. The lowest BCUT2D eigenvalue weighted by Crippen LogP contribution is -2.52. The van der Waals surface area contributed by atoms with Crippen molar-refractivity contribution in [3.8, 4) is 33.4 Å². The van der Waals surface area contributed by atoms with Crippen LogP contribution in [0.5, 0.6) is 0 Å². The van der Waals surface area contributed by atoms with Crippen molar-refractivity contribution in [3.63, 3.8) is 0 Å². The summed E-state index contributed by atoms with van der Waals surface area (Å²) in [6.45, 7) is 0. The van der Waals surface area contributed by atoms with Crippen molar-refractivity contribution >= 4 is 355 Å². The van der Waals surface area contributed by atoms with E-state index in [1.807, 2.05) is 0 Å². The molecular weight excluding hydrogens is 844 g/mol. The lowest BCUT2D eigenvalue weighted by atomic mass is 9.56. The van der Waals surface area contributed by atoms with Crippen LogP contribution in [-0.2, 0) is 0 Å². The fourth-order valence-electron chi connectivity index (χ4n) is 14.1. The van der Waals surface area contributed by atoms with E-state index in [2.05, 4.69) is 219 Å². The predicted molar refractivity (Wildman–Crippen MR) is 389 cm³/mol. The SMILES string of the molecule is Bc1c(B)c(-c2c3c(B)c(B)c(B)c(B)c3c(-c3c(B)c4c(B)c(B)c(B)c(B)c4c4c(B)c(B)c(B)c(B)c34)c3c(B)c(B)c(B)c(B)c23)c(B)c(B)c1-c1cccc2c1oc1cc3ccccc3cc12. The van der Waals surface area contributed by atoms with Crippen LogP contribution in [0.25, 0.3) is 109 Å². The molecule has 72 heavy (non-hydrogen) atoms. The van der Waals surface area contributed by atoms with Gasteiger partial charge in [0.2, 0.25) is 0 Å². The molecule has 1 aromatic heterocycles. The maximum atomic E-state index is 6.95. The fraction of sp³-hybridized carbons (Fsp3) is 0. The Morgan fingerprint density at radius 2 is 0.583 bits per heavy atom. The Morgan fingerprint density at radius 3 is 1.03 bits per heavy atom. The van der Waals surface area contributed by atoms with E-state index in [1.165, 1.54) is 196 Å². The number of hydrogen-bond donors (Lipinski definition) is 0. The number of para-hydroxylation sites is 1. The van der Waals surface area contributed by atoms with E-state index in [-0.39, 0.29) is 0 Å². The third-order valence-corrected chi connectivity index (χ3v) is 19.8. The van der Waals surface area contributed by atoms with Crippen molar-refractivity contribution in [1.29, 1.82) is 0 Å². The largest absolute Gasteiger partial charge is 0.455 e. The number of furan rings is 1. The molecular formula is C50H51B21O. The zero-order chi connectivity index (χ0) is 51.7. The minimum atomic E-state index is 0.934. The van der Waals surface area contributed by atoms with E-state index in [4.69, 9.17) is 4.42 Å². The van der Waals surface area contributed by atoms with Crippen molar-refractivity contribution in [2.45, 2.75) is 0 Å². The van der Waals surface area contributed by atoms with Crippen LogP contribution >= 0.6 is 0 Å². The third-order valence-electron chi connectivity index (χ3n) is 19.8. The van der Waals surface area contributed by atoms with E-state index < -0.39 is 0 Å². The summed E-state index contributed by atoms with van der Waals surface area (Å²) in [5.74, 6) is 0. The van der Waals surface area contributed by atoms with Crippen LogP contribution in [0.2, 0.25) is 0 Å². The van der Waals surface area contributed by atoms with Gasteiger partial charge in [0.05, 0.1) is 0 Å². The van der Waals surface area contributed by atoms with Crippen molar-refractivity contribution in [1.82, 2.24) is 0 Å². The maximum Gasteiger partial charge on any atom is 0.143 e. The Bertz CT molecular complexity index is 4300. The summed E-state index contributed by atoms with van der Waals surface area (Å²) in [5, 5.41) is 16.1. The Hall–Kier alpha value is -5.34. The van der Waals surface area contributed by atoms with Gasteiger partial charge in [0.15, 0.2) is 0 Å². The van der Waals surface area contributed by atoms with Gasteiger partial charge in [-0.1, -0.05) is 113 Å². The van der Waals surface area contributed by atoms with Crippen LogP contribution < -0.4 is 115 Å². The smallest absolute Gasteiger partial charge is 0.143 e. The predicted octanol–water partition coefficient (Wildman–Crippen LogP) is -22.2. The average Bonchev–Trinajstić information content (AvgIpc) is 3.74. The van der Waals surface area contributed by atoms with Gasteiger partial charge in [-0.15, -0.1) is 43.7 Å². The molecule has 0 amide bonds. The van der Waals surface area contributed by atoms with Crippen LogP contribution in [-0.4, -0.2) is 165 Å². The molecule has 320 valence electrons. The molecule has 0 aliphatic rings. The highest BCUT2D eigenvalue weighted by molar-refractivity contribution is 6.77. The second kappa shape index (κ2) is 16.8. The van der Waals surface area contributed by atoms with Gasteiger partial charge >= 0.3 is 0 Å². The van der Waals surface area contributed by atoms with Gasteiger partial charge in [-0.3, -0.25) is 0 Å².